The summed E-state index contributed by atoms with van der Waals surface area (Å²) in [6.07, 6.45) is 0.572. The van der Waals surface area contributed by atoms with E-state index in [0.717, 1.165) is 39.3 Å². The Bertz CT molecular complexity index is 394. The summed E-state index contributed by atoms with van der Waals surface area (Å²) in [6, 6.07) is 4.76. The van der Waals surface area contributed by atoms with Crippen molar-refractivity contribution in [3.8, 4) is 0 Å². The number of thiophene rings is 1. The van der Waals surface area contributed by atoms with Gasteiger partial charge in [0, 0.05) is 50.2 Å². The normalized spacial score (nSPS) is 21.9. The summed E-state index contributed by atoms with van der Waals surface area (Å²) in [4.78, 5) is 17.8. The number of rotatable bonds is 3. The minimum atomic E-state index is 0.281. The number of nitrogens with zero attached hydrogens (tertiary/aromatic N) is 2. The van der Waals surface area contributed by atoms with Crippen LogP contribution in [0.5, 0.6) is 0 Å². The quantitative estimate of drug-likeness (QED) is 0.860. The van der Waals surface area contributed by atoms with Crippen molar-refractivity contribution in [2.24, 2.45) is 0 Å². The maximum absolute atomic E-state index is 12.1. The zero-order valence-electron chi connectivity index (χ0n) is 10.5. The first kappa shape index (κ1) is 12.1. The number of carbonyl (C=O) groups is 1. The maximum Gasteiger partial charge on any atom is 0.227 e. The highest BCUT2D eigenvalue weighted by Crippen LogP contribution is 2.13. The minimum Gasteiger partial charge on any atom is -0.340 e. The first-order valence-electron chi connectivity index (χ1n) is 6.58. The molecule has 2 fully saturated rings. The van der Waals surface area contributed by atoms with Gasteiger partial charge in [0.05, 0.1) is 6.42 Å². The third-order valence-corrected chi connectivity index (χ3v) is 4.73. The van der Waals surface area contributed by atoms with Gasteiger partial charge in [-0.15, -0.1) is 11.3 Å². The number of piperazine rings is 1. The van der Waals surface area contributed by atoms with E-state index in [1.807, 2.05) is 22.4 Å². The zero-order chi connectivity index (χ0) is 12.4. The Labute approximate surface area is 112 Å². The molecule has 1 amide bonds. The summed E-state index contributed by atoms with van der Waals surface area (Å²) in [5.74, 6) is 0.281. The topological polar surface area (TPSA) is 35.6 Å². The molecule has 2 aliphatic rings. The van der Waals surface area contributed by atoms with Gasteiger partial charge in [-0.1, -0.05) is 6.07 Å². The van der Waals surface area contributed by atoms with Crippen LogP contribution in [0.3, 0.4) is 0 Å². The van der Waals surface area contributed by atoms with Gasteiger partial charge in [0.25, 0.3) is 0 Å². The third kappa shape index (κ3) is 2.58. The molecule has 18 heavy (non-hydrogen) atoms. The van der Waals surface area contributed by atoms with Crippen LogP contribution in [-0.2, 0) is 11.2 Å². The average Bonchev–Trinajstić information content (AvgIpc) is 2.80. The Morgan fingerprint density at radius 1 is 1.33 bits per heavy atom. The van der Waals surface area contributed by atoms with Crippen molar-refractivity contribution in [3.63, 3.8) is 0 Å². The molecule has 2 aliphatic heterocycles. The maximum atomic E-state index is 12.1. The predicted octanol–water partition coefficient (Wildman–Crippen LogP) is 0.407. The molecule has 3 heterocycles. The summed E-state index contributed by atoms with van der Waals surface area (Å²) in [6.45, 7) is 6.07. The largest absolute Gasteiger partial charge is 0.340 e. The second kappa shape index (κ2) is 5.38. The lowest BCUT2D eigenvalue weighted by atomic mass is 10.1. The van der Waals surface area contributed by atoms with Gasteiger partial charge in [-0.2, -0.15) is 0 Å². The van der Waals surface area contributed by atoms with Gasteiger partial charge in [0.2, 0.25) is 5.91 Å². The molecule has 0 radical (unpaired) electrons. The number of hydrogen-bond donors (Lipinski definition) is 1. The van der Waals surface area contributed by atoms with Crippen molar-refractivity contribution in [2.75, 3.05) is 39.3 Å². The Kier molecular flexibility index (Phi) is 3.63. The fraction of sp³-hybridized carbons (Fsp3) is 0.615. The van der Waals surface area contributed by atoms with Gasteiger partial charge in [0.1, 0.15) is 0 Å². The van der Waals surface area contributed by atoms with E-state index in [0.29, 0.717) is 12.5 Å². The van der Waals surface area contributed by atoms with Crippen LogP contribution < -0.4 is 5.32 Å². The lowest BCUT2D eigenvalue weighted by molar-refractivity contribution is -0.132. The fourth-order valence-electron chi connectivity index (χ4n) is 2.54. The Morgan fingerprint density at radius 2 is 2.11 bits per heavy atom. The van der Waals surface area contributed by atoms with Crippen LogP contribution in [0.15, 0.2) is 17.5 Å². The van der Waals surface area contributed by atoms with E-state index < -0.39 is 0 Å². The molecule has 5 heteroatoms. The molecule has 4 nitrogen and oxygen atoms in total. The summed E-state index contributed by atoms with van der Waals surface area (Å²) in [5, 5.41) is 5.33. The van der Waals surface area contributed by atoms with E-state index in [1.165, 1.54) is 4.88 Å². The third-order valence-electron chi connectivity index (χ3n) is 3.85. The number of carbonyl (C=O) groups excluding carboxylic acids is 1. The Balaban J connectivity index is 1.48. The first-order valence-corrected chi connectivity index (χ1v) is 7.46. The van der Waals surface area contributed by atoms with E-state index in [1.54, 1.807) is 11.3 Å². The van der Waals surface area contributed by atoms with Crippen LogP contribution >= 0.6 is 11.3 Å². The molecule has 0 aliphatic carbocycles. The molecular weight excluding hydrogens is 246 g/mol. The molecule has 1 aromatic rings. The molecule has 0 bridgehead atoms. The molecule has 0 unspecified atom stereocenters. The molecule has 1 N–H and O–H groups in total. The van der Waals surface area contributed by atoms with Crippen LogP contribution in [0.1, 0.15) is 4.88 Å². The van der Waals surface area contributed by atoms with Gasteiger partial charge in [0.15, 0.2) is 0 Å². The van der Waals surface area contributed by atoms with Gasteiger partial charge in [-0.25, -0.2) is 0 Å². The standard InChI is InChI=1S/C13H19N3OS/c17-13(8-12-2-1-7-18-12)16-5-3-15(4-6-16)11-9-14-10-11/h1-2,7,11,14H,3-6,8-10H2. The number of hydrogen-bond acceptors (Lipinski definition) is 4. The molecule has 0 saturated carbocycles. The number of nitrogens with one attached hydrogen (secondary N) is 1. The van der Waals surface area contributed by atoms with Crippen LogP contribution in [0.2, 0.25) is 0 Å². The zero-order valence-corrected chi connectivity index (χ0v) is 11.3. The molecule has 98 valence electrons. The van der Waals surface area contributed by atoms with Crippen molar-refractivity contribution >= 4 is 17.2 Å². The van der Waals surface area contributed by atoms with E-state index in [-0.39, 0.29) is 5.91 Å². The van der Waals surface area contributed by atoms with Crippen LogP contribution in [0.4, 0.5) is 0 Å². The van der Waals surface area contributed by atoms with Gasteiger partial charge in [-0.3, -0.25) is 9.69 Å². The second-order valence-electron chi connectivity index (χ2n) is 4.98. The summed E-state index contributed by atoms with van der Waals surface area (Å²) >= 11 is 1.67. The highest BCUT2D eigenvalue weighted by molar-refractivity contribution is 7.10. The number of amides is 1. The van der Waals surface area contributed by atoms with Crippen LogP contribution in [-0.4, -0.2) is 61.0 Å². The van der Waals surface area contributed by atoms with E-state index in [9.17, 15) is 4.79 Å². The van der Waals surface area contributed by atoms with Crippen molar-refractivity contribution in [1.29, 1.82) is 0 Å². The molecule has 3 rings (SSSR count). The van der Waals surface area contributed by atoms with E-state index >= 15 is 0 Å². The predicted molar refractivity (Wildman–Crippen MR) is 72.8 cm³/mol. The lowest BCUT2D eigenvalue weighted by Gasteiger charge is -2.43. The first-order chi connectivity index (χ1) is 8.83. The summed E-state index contributed by atoms with van der Waals surface area (Å²) < 4.78 is 0. The monoisotopic (exact) mass is 265 g/mol. The molecular formula is C13H19N3OS. The van der Waals surface area contributed by atoms with E-state index in [4.69, 9.17) is 0 Å². The fourth-order valence-corrected chi connectivity index (χ4v) is 3.24. The smallest absolute Gasteiger partial charge is 0.227 e. The second-order valence-corrected chi connectivity index (χ2v) is 6.02. The Morgan fingerprint density at radius 3 is 2.67 bits per heavy atom. The summed E-state index contributed by atoms with van der Waals surface area (Å²) in [7, 11) is 0. The SMILES string of the molecule is O=C(Cc1cccs1)N1CCN(C2CNC2)CC1. The van der Waals surface area contributed by atoms with Gasteiger partial charge >= 0.3 is 0 Å². The van der Waals surface area contributed by atoms with E-state index in [2.05, 4.69) is 10.2 Å². The molecule has 1 aromatic heterocycles. The van der Waals surface area contributed by atoms with Crippen molar-refractivity contribution in [1.82, 2.24) is 15.1 Å². The van der Waals surface area contributed by atoms with Gasteiger partial charge in [-0.05, 0) is 11.4 Å². The van der Waals surface area contributed by atoms with Crippen LogP contribution in [0, 0.1) is 0 Å². The minimum absolute atomic E-state index is 0.281. The van der Waals surface area contributed by atoms with Crippen molar-refractivity contribution in [3.05, 3.63) is 22.4 Å². The van der Waals surface area contributed by atoms with Gasteiger partial charge < -0.3 is 10.2 Å². The van der Waals surface area contributed by atoms with Crippen molar-refractivity contribution in [2.45, 2.75) is 12.5 Å². The molecule has 0 spiro atoms. The summed E-state index contributed by atoms with van der Waals surface area (Å²) in [5.41, 5.74) is 0. The Hall–Kier alpha value is -0.910. The molecule has 0 aromatic carbocycles. The average molecular weight is 265 g/mol. The van der Waals surface area contributed by atoms with Crippen molar-refractivity contribution < 1.29 is 4.79 Å². The van der Waals surface area contributed by atoms with Crippen LogP contribution in [0.25, 0.3) is 0 Å². The highest BCUT2D eigenvalue weighted by Gasteiger charge is 2.29. The molecule has 0 atom stereocenters. The molecule has 2 saturated heterocycles. The highest BCUT2D eigenvalue weighted by atomic mass is 32.1. The lowest BCUT2D eigenvalue weighted by Crippen LogP contribution is -2.62.